The van der Waals surface area contributed by atoms with Crippen LogP contribution < -0.4 is 5.73 Å². The summed E-state index contributed by atoms with van der Waals surface area (Å²) >= 11 is 0. The molecule has 4 nitrogen and oxygen atoms in total. The van der Waals surface area contributed by atoms with Crippen LogP contribution in [0.5, 0.6) is 5.75 Å². The first-order chi connectivity index (χ1) is 9.99. The fourth-order valence-corrected chi connectivity index (χ4v) is 2.16. The van der Waals surface area contributed by atoms with Gasteiger partial charge in [-0.3, -0.25) is 4.79 Å². The summed E-state index contributed by atoms with van der Waals surface area (Å²) in [5.74, 6) is -0.0343. The van der Waals surface area contributed by atoms with Crippen LogP contribution in [0.2, 0.25) is 0 Å². The van der Waals surface area contributed by atoms with E-state index in [0.717, 1.165) is 5.56 Å². The molecule has 2 aromatic carbocycles. The predicted molar refractivity (Wildman–Crippen MR) is 84.0 cm³/mol. The first-order valence-corrected chi connectivity index (χ1v) is 6.92. The van der Waals surface area contributed by atoms with Crippen molar-refractivity contribution in [2.24, 2.45) is 0 Å². The summed E-state index contributed by atoms with van der Waals surface area (Å²) in [6.45, 7) is 4.36. The second-order valence-corrected chi connectivity index (χ2v) is 5.28. The van der Waals surface area contributed by atoms with Gasteiger partial charge in [0.25, 0.3) is 5.91 Å². The first-order valence-electron chi connectivity index (χ1n) is 6.92. The first kappa shape index (κ1) is 14.9. The molecule has 21 heavy (non-hydrogen) atoms. The van der Waals surface area contributed by atoms with Gasteiger partial charge < -0.3 is 15.7 Å². The molecule has 2 rings (SSSR count). The van der Waals surface area contributed by atoms with Crippen molar-refractivity contribution in [2.75, 3.05) is 5.73 Å². The van der Waals surface area contributed by atoms with Crippen LogP contribution in [0.1, 0.15) is 29.8 Å². The summed E-state index contributed by atoms with van der Waals surface area (Å²) in [5.41, 5.74) is 8.01. The number of para-hydroxylation sites is 1. The van der Waals surface area contributed by atoms with Gasteiger partial charge in [0.1, 0.15) is 5.75 Å². The highest BCUT2D eigenvalue weighted by Crippen LogP contribution is 2.19. The molecule has 110 valence electrons. The molecule has 4 heteroatoms. The molecule has 0 spiro atoms. The monoisotopic (exact) mass is 284 g/mol. The maximum Gasteiger partial charge on any atom is 0.254 e. The summed E-state index contributed by atoms with van der Waals surface area (Å²) in [6, 6.07) is 13.9. The number of carbonyl (C=O) groups excluding carboxylic acids is 1. The third kappa shape index (κ3) is 3.54. The van der Waals surface area contributed by atoms with Crippen molar-refractivity contribution < 1.29 is 9.90 Å². The summed E-state index contributed by atoms with van der Waals surface area (Å²) in [7, 11) is 0. The largest absolute Gasteiger partial charge is 0.508 e. The Morgan fingerprint density at radius 2 is 1.90 bits per heavy atom. The highest BCUT2D eigenvalue weighted by atomic mass is 16.3. The summed E-state index contributed by atoms with van der Waals surface area (Å²) in [5, 5.41) is 9.53. The Morgan fingerprint density at radius 3 is 2.52 bits per heavy atom. The highest BCUT2D eigenvalue weighted by Gasteiger charge is 2.20. The van der Waals surface area contributed by atoms with Crippen LogP contribution in [0, 0.1) is 0 Å². The molecule has 3 N–H and O–H groups in total. The maximum atomic E-state index is 12.6. The number of carbonyl (C=O) groups is 1. The van der Waals surface area contributed by atoms with Crippen molar-refractivity contribution in [2.45, 2.75) is 26.4 Å². The number of anilines is 1. The molecule has 1 amide bonds. The lowest BCUT2D eigenvalue weighted by atomic mass is 10.1. The number of phenols is 1. The van der Waals surface area contributed by atoms with Crippen molar-refractivity contribution >= 4 is 11.6 Å². The third-order valence-electron chi connectivity index (χ3n) is 3.37. The van der Waals surface area contributed by atoms with E-state index in [1.54, 1.807) is 23.1 Å². The van der Waals surface area contributed by atoms with Crippen LogP contribution in [-0.4, -0.2) is 22.0 Å². The molecule has 0 atom stereocenters. The molecule has 0 saturated carbocycles. The molecule has 0 saturated heterocycles. The van der Waals surface area contributed by atoms with Crippen molar-refractivity contribution in [1.29, 1.82) is 0 Å². The van der Waals surface area contributed by atoms with Crippen LogP contribution >= 0.6 is 0 Å². The number of benzene rings is 2. The molecule has 0 unspecified atom stereocenters. The topological polar surface area (TPSA) is 66.6 Å². The van der Waals surface area contributed by atoms with Gasteiger partial charge in [-0.05, 0) is 43.7 Å². The molecule has 0 aromatic heterocycles. The molecule has 2 aromatic rings. The number of nitrogen functional groups attached to an aromatic ring is 1. The minimum Gasteiger partial charge on any atom is -0.508 e. The quantitative estimate of drug-likeness (QED) is 0.848. The van der Waals surface area contributed by atoms with Gasteiger partial charge in [-0.2, -0.15) is 0 Å². The third-order valence-corrected chi connectivity index (χ3v) is 3.37. The van der Waals surface area contributed by atoms with Crippen LogP contribution in [0.3, 0.4) is 0 Å². The number of hydrogen-bond acceptors (Lipinski definition) is 3. The number of phenolic OH excluding ortho intramolecular Hbond substituents is 1. The van der Waals surface area contributed by atoms with E-state index in [0.29, 0.717) is 17.8 Å². The zero-order chi connectivity index (χ0) is 15.4. The lowest BCUT2D eigenvalue weighted by Gasteiger charge is -2.27. The lowest BCUT2D eigenvalue weighted by molar-refractivity contribution is 0.0690. The van der Waals surface area contributed by atoms with Gasteiger partial charge in [0.15, 0.2) is 0 Å². The summed E-state index contributed by atoms with van der Waals surface area (Å²) in [4.78, 5) is 14.4. The molecule has 0 aliphatic heterocycles. The van der Waals surface area contributed by atoms with Crippen molar-refractivity contribution in [3.8, 4) is 5.75 Å². The van der Waals surface area contributed by atoms with Crippen LogP contribution in [0.15, 0.2) is 48.5 Å². The van der Waals surface area contributed by atoms with Crippen LogP contribution in [0.4, 0.5) is 5.69 Å². The predicted octanol–water partition coefficient (Wildman–Crippen LogP) is 3.03. The van der Waals surface area contributed by atoms with E-state index in [4.69, 9.17) is 5.73 Å². The Labute approximate surface area is 124 Å². The number of nitrogens with two attached hydrogens (primary N) is 1. The van der Waals surface area contributed by atoms with E-state index in [-0.39, 0.29) is 17.7 Å². The zero-order valence-electron chi connectivity index (χ0n) is 12.3. The minimum atomic E-state index is -0.121. The highest BCUT2D eigenvalue weighted by molar-refractivity contribution is 5.94. The van der Waals surface area contributed by atoms with Crippen LogP contribution in [-0.2, 0) is 6.54 Å². The van der Waals surface area contributed by atoms with Crippen molar-refractivity contribution in [3.05, 3.63) is 59.7 Å². The number of nitrogens with zero attached hydrogens (tertiary/aromatic N) is 1. The Balaban J connectivity index is 2.27. The van der Waals surface area contributed by atoms with E-state index in [1.807, 2.05) is 38.1 Å². The van der Waals surface area contributed by atoms with Gasteiger partial charge in [-0.15, -0.1) is 0 Å². The average Bonchev–Trinajstić information content (AvgIpc) is 2.45. The SMILES string of the molecule is CC(C)N(Cc1ccccc1N)C(=O)c1cccc(O)c1. The Bertz CT molecular complexity index is 638. The number of aromatic hydroxyl groups is 1. The smallest absolute Gasteiger partial charge is 0.254 e. The van der Waals surface area contributed by atoms with Gasteiger partial charge in [0.05, 0.1) is 0 Å². The normalized spacial score (nSPS) is 10.6. The number of rotatable bonds is 4. The van der Waals surface area contributed by atoms with E-state index < -0.39 is 0 Å². The van der Waals surface area contributed by atoms with Crippen molar-refractivity contribution in [3.63, 3.8) is 0 Å². The average molecular weight is 284 g/mol. The van der Waals surface area contributed by atoms with E-state index in [1.165, 1.54) is 6.07 Å². The fraction of sp³-hybridized carbons (Fsp3) is 0.235. The van der Waals surface area contributed by atoms with Crippen molar-refractivity contribution in [1.82, 2.24) is 4.90 Å². The Hall–Kier alpha value is -2.49. The van der Waals surface area contributed by atoms with Gasteiger partial charge in [0.2, 0.25) is 0 Å². The summed E-state index contributed by atoms with van der Waals surface area (Å²) < 4.78 is 0. The second-order valence-electron chi connectivity index (χ2n) is 5.28. The molecular weight excluding hydrogens is 264 g/mol. The molecule has 0 aliphatic rings. The van der Waals surface area contributed by atoms with Crippen LogP contribution in [0.25, 0.3) is 0 Å². The molecule has 0 fully saturated rings. The molecule has 0 aliphatic carbocycles. The molecular formula is C17H20N2O2. The van der Waals surface area contributed by atoms with E-state index in [9.17, 15) is 9.90 Å². The second kappa shape index (κ2) is 6.31. The summed E-state index contributed by atoms with van der Waals surface area (Å²) in [6.07, 6.45) is 0. The maximum absolute atomic E-state index is 12.6. The molecule has 0 radical (unpaired) electrons. The molecule has 0 heterocycles. The lowest BCUT2D eigenvalue weighted by Crippen LogP contribution is -2.36. The number of hydrogen-bond donors (Lipinski definition) is 2. The zero-order valence-corrected chi connectivity index (χ0v) is 12.3. The van der Waals surface area contributed by atoms with Gasteiger partial charge in [-0.1, -0.05) is 24.3 Å². The number of amides is 1. The van der Waals surface area contributed by atoms with Gasteiger partial charge >= 0.3 is 0 Å². The fourth-order valence-electron chi connectivity index (χ4n) is 2.16. The minimum absolute atomic E-state index is 0.0273. The van der Waals surface area contributed by atoms with E-state index in [2.05, 4.69) is 0 Å². The molecule has 0 bridgehead atoms. The standard InChI is InChI=1S/C17H20N2O2/c1-12(2)19(11-14-6-3-4-9-16(14)18)17(21)13-7-5-8-15(20)10-13/h3-10,12,20H,11,18H2,1-2H3. The van der Waals surface area contributed by atoms with Gasteiger partial charge in [-0.25, -0.2) is 0 Å². The Morgan fingerprint density at radius 1 is 1.19 bits per heavy atom. The van der Waals surface area contributed by atoms with E-state index >= 15 is 0 Å². The Kier molecular flexibility index (Phi) is 4.48. The van der Waals surface area contributed by atoms with Gasteiger partial charge in [0, 0.05) is 23.8 Å².